The van der Waals surface area contributed by atoms with Crippen LogP contribution in [0.2, 0.25) is 0 Å². The Labute approximate surface area is 97.1 Å². The number of anilines is 1. The van der Waals surface area contributed by atoms with Crippen LogP contribution in [-0.2, 0) is 0 Å². The molecule has 1 aromatic rings. The third kappa shape index (κ3) is 1.99. The lowest BCUT2D eigenvalue weighted by Crippen LogP contribution is -2.60. The van der Waals surface area contributed by atoms with E-state index in [9.17, 15) is 5.11 Å². The fourth-order valence-corrected chi connectivity index (χ4v) is 2.18. The summed E-state index contributed by atoms with van der Waals surface area (Å²) in [7, 11) is 0. The number of benzene rings is 1. The molecule has 1 N–H and O–H groups in total. The molecule has 0 saturated carbocycles. The standard InChI is InChI=1S/C11H11BrN2O/c1-11(15)6-14(7-11)10-3-2-9(12)4-8(10)5-13/h2-4,15H,6-7H2,1H3. The molecule has 1 aliphatic rings. The second-order valence-electron chi connectivity index (χ2n) is 4.13. The van der Waals surface area contributed by atoms with Crippen molar-refractivity contribution in [1.82, 2.24) is 0 Å². The van der Waals surface area contributed by atoms with Crippen LogP contribution in [0.25, 0.3) is 0 Å². The van der Waals surface area contributed by atoms with Crippen LogP contribution in [-0.4, -0.2) is 23.8 Å². The molecule has 1 aromatic carbocycles. The van der Waals surface area contributed by atoms with E-state index in [1.54, 1.807) is 13.0 Å². The Kier molecular flexibility index (Phi) is 2.45. The average molecular weight is 267 g/mol. The van der Waals surface area contributed by atoms with Gasteiger partial charge in [-0.1, -0.05) is 15.9 Å². The van der Waals surface area contributed by atoms with Crippen molar-refractivity contribution in [1.29, 1.82) is 5.26 Å². The van der Waals surface area contributed by atoms with E-state index in [0.717, 1.165) is 10.2 Å². The molecule has 4 heteroatoms. The Balaban J connectivity index is 2.27. The second kappa shape index (κ2) is 3.51. The highest BCUT2D eigenvalue weighted by atomic mass is 79.9. The van der Waals surface area contributed by atoms with Gasteiger partial charge < -0.3 is 10.0 Å². The lowest BCUT2D eigenvalue weighted by Gasteiger charge is -2.46. The molecular weight excluding hydrogens is 256 g/mol. The smallest absolute Gasteiger partial charge is 0.101 e. The molecule has 2 rings (SSSR count). The number of hydrogen-bond acceptors (Lipinski definition) is 3. The summed E-state index contributed by atoms with van der Waals surface area (Å²) in [5.74, 6) is 0. The fourth-order valence-electron chi connectivity index (χ4n) is 1.82. The minimum Gasteiger partial charge on any atom is -0.386 e. The highest BCUT2D eigenvalue weighted by Gasteiger charge is 2.37. The van der Waals surface area contributed by atoms with E-state index >= 15 is 0 Å². The summed E-state index contributed by atoms with van der Waals surface area (Å²) in [6.07, 6.45) is 0. The monoisotopic (exact) mass is 266 g/mol. The van der Waals surface area contributed by atoms with E-state index in [4.69, 9.17) is 5.26 Å². The van der Waals surface area contributed by atoms with Crippen LogP contribution in [0.4, 0.5) is 5.69 Å². The van der Waals surface area contributed by atoms with E-state index in [-0.39, 0.29) is 0 Å². The van der Waals surface area contributed by atoms with Gasteiger partial charge >= 0.3 is 0 Å². The SMILES string of the molecule is CC1(O)CN(c2ccc(Br)cc2C#N)C1. The molecule has 0 atom stereocenters. The topological polar surface area (TPSA) is 47.3 Å². The molecule has 78 valence electrons. The first-order chi connectivity index (χ1) is 7.02. The predicted octanol–water partition coefficient (Wildman–Crippen LogP) is 1.89. The average Bonchev–Trinajstić information content (AvgIpc) is 2.14. The Morgan fingerprint density at radius 1 is 1.53 bits per heavy atom. The maximum absolute atomic E-state index is 9.63. The molecule has 0 aromatic heterocycles. The van der Waals surface area contributed by atoms with Crippen LogP contribution in [0.5, 0.6) is 0 Å². The quantitative estimate of drug-likeness (QED) is 0.845. The van der Waals surface area contributed by atoms with Crippen molar-refractivity contribution in [2.75, 3.05) is 18.0 Å². The van der Waals surface area contributed by atoms with Gasteiger partial charge in [-0.05, 0) is 25.1 Å². The largest absolute Gasteiger partial charge is 0.386 e. The summed E-state index contributed by atoms with van der Waals surface area (Å²) in [5.41, 5.74) is 0.923. The molecule has 15 heavy (non-hydrogen) atoms. The molecule has 0 bridgehead atoms. The van der Waals surface area contributed by atoms with Crippen LogP contribution in [0.15, 0.2) is 22.7 Å². The Bertz CT molecular complexity index is 429. The molecule has 1 heterocycles. The van der Waals surface area contributed by atoms with Crippen molar-refractivity contribution in [3.05, 3.63) is 28.2 Å². The lowest BCUT2D eigenvalue weighted by atomic mass is 9.95. The highest BCUT2D eigenvalue weighted by molar-refractivity contribution is 9.10. The van der Waals surface area contributed by atoms with Crippen LogP contribution in [0.3, 0.4) is 0 Å². The van der Waals surface area contributed by atoms with E-state index in [0.29, 0.717) is 18.7 Å². The van der Waals surface area contributed by atoms with E-state index in [2.05, 4.69) is 22.0 Å². The van der Waals surface area contributed by atoms with Crippen LogP contribution in [0, 0.1) is 11.3 Å². The van der Waals surface area contributed by atoms with Gasteiger partial charge in [0.1, 0.15) is 6.07 Å². The van der Waals surface area contributed by atoms with Crippen LogP contribution < -0.4 is 4.90 Å². The molecule has 1 saturated heterocycles. The first-order valence-corrected chi connectivity index (χ1v) is 5.48. The number of hydrogen-bond donors (Lipinski definition) is 1. The number of aliphatic hydroxyl groups is 1. The van der Waals surface area contributed by atoms with E-state index in [1.165, 1.54) is 0 Å². The van der Waals surface area contributed by atoms with Crippen molar-refractivity contribution in [3.8, 4) is 6.07 Å². The maximum Gasteiger partial charge on any atom is 0.101 e. The van der Waals surface area contributed by atoms with Gasteiger partial charge in [-0.15, -0.1) is 0 Å². The first kappa shape index (κ1) is 10.5. The van der Waals surface area contributed by atoms with Crippen molar-refractivity contribution < 1.29 is 5.11 Å². The molecule has 0 radical (unpaired) electrons. The van der Waals surface area contributed by atoms with Crippen molar-refractivity contribution in [2.24, 2.45) is 0 Å². The lowest BCUT2D eigenvalue weighted by molar-refractivity contribution is 0.0310. The predicted molar refractivity (Wildman–Crippen MR) is 61.7 cm³/mol. The summed E-state index contributed by atoms with van der Waals surface area (Å²) in [6, 6.07) is 7.76. The summed E-state index contributed by atoms with van der Waals surface area (Å²) in [6.45, 7) is 2.97. The summed E-state index contributed by atoms with van der Waals surface area (Å²) in [5, 5.41) is 18.6. The number of nitriles is 1. The van der Waals surface area contributed by atoms with Gasteiger partial charge in [0.05, 0.1) is 16.9 Å². The summed E-state index contributed by atoms with van der Waals surface area (Å²) in [4.78, 5) is 2.00. The van der Waals surface area contributed by atoms with Gasteiger partial charge in [0, 0.05) is 17.6 Å². The van der Waals surface area contributed by atoms with Crippen molar-refractivity contribution in [3.63, 3.8) is 0 Å². The Morgan fingerprint density at radius 3 is 2.73 bits per heavy atom. The van der Waals surface area contributed by atoms with Crippen LogP contribution >= 0.6 is 15.9 Å². The van der Waals surface area contributed by atoms with E-state index in [1.807, 2.05) is 17.0 Å². The van der Waals surface area contributed by atoms with Gasteiger partial charge in [-0.3, -0.25) is 0 Å². The summed E-state index contributed by atoms with van der Waals surface area (Å²) < 4.78 is 0.898. The van der Waals surface area contributed by atoms with Crippen LogP contribution in [0.1, 0.15) is 12.5 Å². The Hall–Kier alpha value is -1.05. The third-order valence-electron chi connectivity index (χ3n) is 2.48. The van der Waals surface area contributed by atoms with Gasteiger partial charge in [0.2, 0.25) is 0 Å². The second-order valence-corrected chi connectivity index (χ2v) is 5.04. The molecular formula is C11H11BrN2O. The number of halogens is 1. The maximum atomic E-state index is 9.63. The molecule has 3 nitrogen and oxygen atoms in total. The Morgan fingerprint density at radius 2 is 2.20 bits per heavy atom. The summed E-state index contributed by atoms with van der Waals surface area (Å²) >= 11 is 3.33. The van der Waals surface area contributed by atoms with Crippen molar-refractivity contribution in [2.45, 2.75) is 12.5 Å². The van der Waals surface area contributed by atoms with Crippen molar-refractivity contribution >= 4 is 21.6 Å². The molecule has 1 fully saturated rings. The number of rotatable bonds is 1. The first-order valence-electron chi connectivity index (χ1n) is 4.69. The molecule has 0 spiro atoms. The molecule has 0 amide bonds. The zero-order valence-electron chi connectivity index (χ0n) is 8.37. The zero-order chi connectivity index (χ0) is 11.1. The van der Waals surface area contributed by atoms with Gasteiger partial charge in [-0.2, -0.15) is 5.26 Å². The third-order valence-corrected chi connectivity index (χ3v) is 2.98. The zero-order valence-corrected chi connectivity index (χ0v) is 9.95. The highest BCUT2D eigenvalue weighted by Crippen LogP contribution is 2.31. The van der Waals surface area contributed by atoms with Gasteiger partial charge in [-0.25, -0.2) is 0 Å². The minimum atomic E-state index is -0.611. The molecule has 1 aliphatic heterocycles. The van der Waals surface area contributed by atoms with Gasteiger partial charge in [0.25, 0.3) is 0 Å². The number of β-amino-alcohol motifs (C(OH)–C–C–N with tert-alkyl or cyclic N) is 1. The molecule has 0 unspecified atom stereocenters. The molecule has 0 aliphatic carbocycles. The minimum absolute atomic E-state index is 0.587. The normalized spacial score (nSPS) is 18.1. The van der Waals surface area contributed by atoms with E-state index < -0.39 is 5.60 Å². The van der Waals surface area contributed by atoms with Gasteiger partial charge in [0.15, 0.2) is 0 Å². The number of nitrogens with zero attached hydrogens (tertiary/aromatic N) is 2. The fraction of sp³-hybridized carbons (Fsp3) is 0.364.